The van der Waals surface area contributed by atoms with Crippen molar-refractivity contribution in [2.75, 3.05) is 6.61 Å². The molecule has 0 amide bonds. The molecule has 0 aromatic rings. The fourth-order valence-electron chi connectivity index (χ4n) is 2.22. The molecule has 16 heavy (non-hydrogen) atoms. The molecule has 1 heteroatoms. The maximum atomic E-state index is 5.39. The Morgan fingerprint density at radius 3 is 2.56 bits per heavy atom. The van der Waals surface area contributed by atoms with Crippen LogP contribution >= 0.6 is 0 Å². The van der Waals surface area contributed by atoms with Crippen molar-refractivity contribution in [2.24, 2.45) is 5.92 Å². The molecule has 0 N–H and O–H groups in total. The standard InChI is InChI=1S/C15H26O/c1-4-7-9-13-11-14(12-16-6-3)15(13)10-8-5-2/h11-12,15H,4-10H2,1-3H3/b14-12+. The summed E-state index contributed by atoms with van der Waals surface area (Å²) in [5.41, 5.74) is 3.07. The molecule has 0 saturated heterocycles. The van der Waals surface area contributed by atoms with Crippen molar-refractivity contribution in [3.8, 4) is 0 Å². The van der Waals surface area contributed by atoms with E-state index in [0.29, 0.717) is 5.92 Å². The van der Waals surface area contributed by atoms with Crippen LogP contribution in [-0.4, -0.2) is 6.61 Å². The van der Waals surface area contributed by atoms with Gasteiger partial charge in [-0.3, -0.25) is 0 Å². The smallest absolute Gasteiger partial charge is 0.0866 e. The Labute approximate surface area is 101 Å². The Morgan fingerprint density at radius 1 is 1.19 bits per heavy atom. The molecule has 0 fully saturated rings. The van der Waals surface area contributed by atoms with Crippen LogP contribution in [-0.2, 0) is 4.74 Å². The zero-order chi connectivity index (χ0) is 11.8. The Kier molecular flexibility index (Phi) is 6.29. The summed E-state index contributed by atoms with van der Waals surface area (Å²) < 4.78 is 5.39. The van der Waals surface area contributed by atoms with Gasteiger partial charge in [-0.05, 0) is 31.8 Å². The van der Waals surface area contributed by atoms with Crippen molar-refractivity contribution in [2.45, 2.75) is 59.3 Å². The van der Waals surface area contributed by atoms with Crippen molar-refractivity contribution < 1.29 is 4.74 Å². The van der Waals surface area contributed by atoms with E-state index < -0.39 is 0 Å². The first kappa shape index (κ1) is 13.3. The van der Waals surface area contributed by atoms with E-state index >= 15 is 0 Å². The second-order valence-corrected chi connectivity index (χ2v) is 4.59. The maximum Gasteiger partial charge on any atom is 0.0866 e. The minimum atomic E-state index is 0.707. The third kappa shape index (κ3) is 3.70. The lowest BCUT2D eigenvalue weighted by Crippen LogP contribution is -2.17. The monoisotopic (exact) mass is 222 g/mol. The Hall–Kier alpha value is -0.720. The van der Waals surface area contributed by atoms with E-state index in [-0.39, 0.29) is 0 Å². The minimum Gasteiger partial charge on any atom is -0.501 e. The molecular formula is C15H26O. The summed E-state index contributed by atoms with van der Waals surface area (Å²) in [5.74, 6) is 0.707. The van der Waals surface area contributed by atoms with Gasteiger partial charge in [0.05, 0.1) is 12.9 Å². The van der Waals surface area contributed by atoms with Gasteiger partial charge < -0.3 is 4.74 Å². The quantitative estimate of drug-likeness (QED) is 0.534. The summed E-state index contributed by atoms with van der Waals surface area (Å²) in [6, 6.07) is 0. The van der Waals surface area contributed by atoms with E-state index in [9.17, 15) is 0 Å². The van der Waals surface area contributed by atoms with Gasteiger partial charge in [0.25, 0.3) is 0 Å². The molecule has 0 saturated carbocycles. The molecule has 0 aromatic carbocycles. The molecule has 0 heterocycles. The Balaban J connectivity index is 2.48. The highest BCUT2D eigenvalue weighted by Crippen LogP contribution is 2.39. The van der Waals surface area contributed by atoms with Crippen LogP contribution in [0.3, 0.4) is 0 Å². The molecule has 1 aliphatic rings. The van der Waals surface area contributed by atoms with Crippen molar-refractivity contribution >= 4 is 0 Å². The Bertz CT molecular complexity index is 250. The minimum absolute atomic E-state index is 0.707. The number of hydrogen-bond donors (Lipinski definition) is 0. The topological polar surface area (TPSA) is 9.23 Å². The largest absolute Gasteiger partial charge is 0.501 e. The fraction of sp³-hybridized carbons (Fsp3) is 0.733. The predicted octanol–water partition coefficient (Wildman–Crippen LogP) is 4.84. The van der Waals surface area contributed by atoms with Crippen LogP contribution in [0.4, 0.5) is 0 Å². The lowest BCUT2D eigenvalue weighted by Gasteiger charge is -2.30. The van der Waals surface area contributed by atoms with Crippen LogP contribution in [0.25, 0.3) is 0 Å². The van der Waals surface area contributed by atoms with Gasteiger partial charge in [-0.1, -0.05) is 44.8 Å². The van der Waals surface area contributed by atoms with Crippen LogP contribution in [0.2, 0.25) is 0 Å². The number of ether oxygens (including phenoxy) is 1. The summed E-state index contributed by atoms with van der Waals surface area (Å²) in [4.78, 5) is 0. The van der Waals surface area contributed by atoms with E-state index in [1.807, 2.05) is 13.2 Å². The Morgan fingerprint density at radius 2 is 1.94 bits per heavy atom. The zero-order valence-electron chi connectivity index (χ0n) is 11.1. The lowest BCUT2D eigenvalue weighted by atomic mass is 9.75. The molecule has 0 bridgehead atoms. The highest BCUT2D eigenvalue weighted by Gasteiger charge is 2.25. The number of unbranched alkanes of at least 4 members (excludes halogenated alkanes) is 2. The molecule has 0 aromatic heterocycles. The first-order valence-electron chi connectivity index (χ1n) is 6.85. The van der Waals surface area contributed by atoms with Gasteiger partial charge in [-0.15, -0.1) is 0 Å². The summed E-state index contributed by atoms with van der Waals surface area (Å²) in [5, 5.41) is 0. The van der Waals surface area contributed by atoms with E-state index in [0.717, 1.165) is 6.61 Å². The van der Waals surface area contributed by atoms with Crippen molar-refractivity contribution in [3.63, 3.8) is 0 Å². The third-order valence-electron chi connectivity index (χ3n) is 3.25. The zero-order valence-corrected chi connectivity index (χ0v) is 11.1. The molecular weight excluding hydrogens is 196 g/mol. The SMILES string of the molecule is CCCCC1=C/C(=C\OCC)C1CCCC. The first-order chi connectivity index (χ1) is 7.83. The molecule has 1 rings (SSSR count). The molecule has 1 unspecified atom stereocenters. The summed E-state index contributed by atoms with van der Waals surface area (Å²) >= 11 is 0. The summed E-state index contributed by atoms with van der Waals surface area (Å²) in [6.45, 7) is 7.35. The van der Waals surface area contributed by atoms with Crippen LogP contribution in [0.1, 0.15) is 59.3 Å². The predicted molar refractivity (Wildman–Crippen MR) is 70.3 cm³/mol. The van der Waals surface area contributed by atoms with Gasteiger partial charge in [0, 0.05) is 5.92 Å². The molecule has 0 spiro atoms. The average Bonchev–Trinajstić information content (AvgIpc) is 2.28. The molecule has 1 aliphatic carbocycles. The van der Waals surface area contributed by atoms with E-state index in [4.69, 9.17) is 4.74 Å². The molecule has 92 valence electrons. The van der Waals surface area contributed by atoms with Crippen LogP contribution in [0.15, 0.2) is 23.5 Å². The second-order valence-electron chi connectivity index (χ2n) is 4.59. The van der Waals surface area contributed by atoms with Crippen LogP contribution in [0.5, 0.6) is 0 Å². The van der Waals surface area contributed by atoms with Gasteiger partial charge in [0.2, 0.25) is 0 Å². The maximum absolute atomic E-state index is 5.39. The van der Waals surface area contributed by atoms with Crippen LogP contribution in [0, 0.1) is 5.92 Å². The number of allylic oxidation sites excluding steroid dienone is 3. The van der Waals surface area contributed by atoms with E-state index in [2.05, 4.69) is 19.9 Å². The van der Waals surface area contributed by atoms with Crippen molar-refractivity contribution in [3.05, 3.63) is 23.5 Å². The van der Waals surface area contributed by atoms with Gasteiger partial charge in [0.1, 0.15) is 0 Å². The number of rotatable bonds is 8. The first-order valence-corrected chi connectivity index (χ1v) is 6.85. The van der Waals surface area contributed by atoms with Crippen molar-refractivity contribution in [1.82, 2.24) is 0 Å². The molecule has 0 radical (unpaired) electrons. The normalized spacial score (nSPS) is 21.8. The third-order valence-corrected chi connectivity index (χ3v) is 3.25. The van der Waals surface area contributed by atoms with Gasteiger partial charge in [-0.25, -0.2) is 0 Å². The van der Waals surface area contributed by atoms with E-state index in [1.165, 1.54) is 44.1 Å². The summed E-state index contributed by atoms with van der Waals surface area (Å²) in [7, 11) is 0. The summed E-state index contributed by atoms with van der Waals surface area (Å²) in [6.07, 6.45) is 12.1. The highest BCUT2D eigenvalue weighted by molar-refractivity contribution is 5.42. The van der Waals surface area contributed by atoms with Gasteiger partial charge >= 0.3 is 0 Å². The highest BCUT2D eigenvalue weighted by atomic mass is 16.5. The lowest BCUT2D eigenvalue weighted by molar-refractivity contribution is 0.262. The number of hydrogen-bond acceptors (Lipinski definition) is 1. The van der Waals surface area contributed by atoms with Gasteiger partial charge in [0.15, 0.2) is 0 Å². The van der Waals surface area contributed by atoms with Gasteiger partial charge in [-0.2, -0.15) is 0 Å². The molecule has 0 aliphatic heterocycles. The fourth-order valence-corrected chi connectivity index (χ4v) is 2.22. The average molecular weight is 222 g/mol. The molecule has 1 atom stereocenters. The second kappa shape index (κ2) is 7.54. The van der Waals surface area contributed by atoms with Crippen molar-refractivity contribution in [1.29, 1.82) is 0 Å². The molecule has 1 nitrogen and oxygen atoms in total. The van der Waals surface area contributed by atoms with Crippen LogP contribution < -0.4 is 0 Å². The van der Waals surface area contributed by atoms with E-state index in [1.54, 1.807) is 5.57 Å².